The lowest BCUT2D eigenvalue weighted by Gasteiger charge is -2.33. The van der Waals surface area contributed by atoms with Gasteiger partial charge in [-0.05, 0) is 38.1 Å². The van der Waals surface area contributed by atoms with Crippen molar-refractivity contribution in [3.8, 4) is 0 Å². The highest BCUT2D eigenvalue weighted by Gasteiger charge is 2.34. The first kappa shape index (κ1) is 19.1. The Balaban J connectivity index is 2.19. The van der Waals surface area contributed by atoms with Crippen LogP contribution in [0.4, 0.5) is 19.0 Å². The summed E-state index contributed by atoms with van der Waals surface area (Å²) in [5.41, 5.74) is -0.0429. The molecule has 0 radical (unpaired) electrons. The second-order valence-electron chi connectivity index (χ2n) is 5.14. The third-order valence-electron chi connectivity index (χ3n) is 3.47. The average Bonchev–Trinajstić information content (AvgIpc) is 2.60. The maximum Gasteiger partial charge on any atom is 0.417 e. The molecule has 0 unspecified atom stereocenters. The van der Waals surface area contributed by atoms with E-state index in [1.54, 1.807) is 24.5 Å². The van der Waals surface area contributed by atoms with Gasteiger partial charge in [-0.15, -0.1) is 0 Å². The van der Waals surface area contributed by atoms with Crippen LogP contribution in [-0.4, -0.2) is 29.7 Å². The highest BCUT2D eigenvalue weighted by atomic mass is 19.4. The fraction of sp³-hybridized carbons (Fsp3) is 0.412. The minimum atomic E-state index is -4.41. The Morgan fingerprint density at radius 2 is 1.60 bits per heavy atom. The fourth-order valence-corrected chi connectivity index (χ4v) is 2.36. The van der Waals surface area contributed by atoms with E-state index in [-0.39, 0.29) is 6.54 Å². The number of ether oxygens (including phenoxy) is 2. The molecule has 25 heavy (non-hydrogen) atoms. The molecule has 136 valence electrons. The Kier molecular flexibility index (Phi) is 6.33. The van der Waals surface area contributed by atoms with Crippen molar-refractivity contribution >= 4 is 5.82 Å². The summed E-state index contributed by atoms with van der Waals surface area (Å²) in [7, 11) is 0. The Labute approximate surface area is 144 Å². The third kappa shape index (κ3) is 4.90. The Hall–Kier alpha value is -2.19. The molecule has 5 nitrogen and oxygen atoms in total. The second-order valence-corrected chi connectivity index (χ2v) is 5.14. The largest absolute Gasteiger partial charge is 0.417 e. The number of halogens is 3. The summed E-state index contributed by atoms with van der Waals surface area (Å²) < 4.78 is 49.5. The van der Waals surface area contributed by atoms with Crippen molar-refractivity contribution in [1.82, 2.24) is 9.97 Å². The topological polar surface area (TPSA) is 56.3 Å². The van der Waals surface area contributed by atoms with E-state index in [0.717, 1.165) is 17.8 Å². The van der Waals surface area contributed by atoms with Gasteiger partial charge >= 0.3 is 6.18 Å². The summed E-state index contributed by atoms with van der Waals surface area (Å²) >= 11 is 0. The predicted molar refractivity (Wildman–Crippen MR) is 86.9 cm³/mol. The summed E-state index contributed by atoms with van der Waals surface area (Å²) in [6.07, 6.45) is -0.377. The van der Waals surface area contributed by atoms with Crippen molar-refractivity contribution in [2.45, 2.75) is 25.8 Å². The molecule has 2 heterocycles. The minimum Gasteiger partial charge on any atom is -0.364 e. The number of anilines is 1. The van der Waals surface area contributed by atoms with Crippen molar-refractivity contribution in [2.24, 2.45) is 0 Å². The van der Waals surface area contributed by atoms with E-state index in [2.05, 4.69) is 15.3 Å². The standard InChI is InChI=1S/C17H20F3N3O2/c1-3-24-16(25-4-2,13-7-9-21-10-8-13)12-23-15-6-5-14(11-22-15)17(18,19)20/h5-11H,3-4,12H2,1-2H3,(H,22,23). The minimum absolute atomic E-state index is 0.178. The molecule has 0 aliphatic carbocycles. The van der Waals surface area contributed by atoms with Crippen LogP contribution in [0.5, 0.6) is 0 Å². The van der Waals surface area contributed by atoms with E-state index in [1.807, 2.05) is 13.8 Å². The average molecular weight is 355 g/mol. The van der Waals surface area contributed by atoms with Gasteiger partial charge in [-0.1, -0.05) is 0 Å². The van der Waals surface area contributed by atoms with Gasteiger partial charge < -0.3 is 14.8 Å². The van der Waals surface area contributed by atoms with Gasteiger partial charge in [0.1, 0.15) is 5.82 Å². The van der Waals surface area contributed by atoms with E-state index in [9.17, 15) is 13.2 Å². The molecular formula is C17H20F3N3O2. The smallest absolute Gasteiger partial charge is 0.364 e. The van der Waals surface area contributed by atoms with Gasteiger partial charge in [-0.25, -0.2) is 4.98 Å². The first-order valence-corrected chi connectivity index (χ1v) is 7.87. The van der Waals surface area contributed by atoms with Crippen LogP contribution in [0.1, 0.15) is 25.0 Å². The SMILES string of the molecule is CCOC(CNc1ccc(C(F)(F)F)cn1)(OCC)c1ccncc1. The van der Waals surface area contributed by atoms with Crippen LogP contribution in [0.2, 0.25) is 0 Å². The lowest BCUT2D eigenvalue weighted by Crippen LogP contribution is -2.40. The number of nitrogens with one attached hydrogen (secondary N) is 1. The summed E-state index contributed by atoms with van der Waals surface area (Å²) in [4.78, 5) is 7.79. The van der Waals surface area contributed by atoms with Gasteiger partial charge in [0.05, 0.1) is 12.1 Å². The molecular weight excluding hydrogens is 335 g/mol. The number of hydrogen-bond acceptors (Lipinski definition) is 5. The van der Waals surface area contributed by atoms with Crippen molar-refractivity contribution in [2.75, 3.05) is 25.1 Å². The van der Waals surface area contributed by atoms with Crippen molar-refractivity contribution in [3.63, 3.8) is 0 Å². The normalized spacial score (nSPS) is 12.2. The molecule has 1 N–H and O–H groups in total. The Morgan fingerprint density at radius 3 is 2.08 bits per heavy atom. The number of rotatable bonds is 8. The monoisotopic (exact) mass is 355 g/mol. The lowest BCUT2D eigenvalue weighted by atomic mass is 10.1. The second kappa shape index (κ2) is 8.26. The van der Waals surface area contributed by atoms with Gasteiger partial charge in [0.2, 0.25) is 5.79 Å². The molecule has 0 aromatic carbocycles. The number of alkyl halides is 3. The maximum absolute atomic E-state index is 12.6. The lowest BCUT2D eigenvalue weighted by molar-refractivity contribution is -0.233. The predicted octanol–water partition coefficient (Wildman–Crippen LogP) is 3.83. The van der Waals surface area contributed by atoms with Gasteiger partial charge in [-0.3, -0.25) is 4.98 Å². The Morgan fingerprint density at radius 1 is 0.960 bits per heavy atom. The molecule has 2 aromatic rings. The molecule has 0 amide bonds. The van der Waals surface area contributed by atoms with Crippen LogP contribution in [0.25, 0.3) is 0 Å². The molecule has 0 atom stereocenters. The summed E-state index contributed by atoms with van der Waals surface area (Å²) in [5.74, 6) is -0.789. The van der Waals surface area contributed by atoms with Crippen LogP contribution < -0.4 is 5.32 Å². The van der Waals surface area contributed by atoms with Gasteiger partial charge in [0, 0.05) is 37.4 Å². The number of nitrogens with zero attached hydrogens (tertiary/aromatic N) is 2. The summed E-state index contributed by atoms with van der Waals surface area (Å²) in [5, 5.41) is 2.98. The van der Waals surface area contributed by atoms with Crippen LogP contribution >= 0.6 is 0 Å². The van der Waals surface area contributed by atoms with Crippen LogP contribution in [0, 0.1) is 0 Å². The molecule has 8 heteroatoms. The zero-order valence-electron chi connectivity index (χ0n) is 14.0. The van der Waals surface area contributed by atoms with E-state index in [4.69, 9.17) is 9.47 Å². The molecule has 0 aliphatic rings. The zero-order valence-corrected chi connectivity index (χ0v) is 14.0. The first-order chi connectivity index (χ1) is 11.9. The van der Waals surface area contributed by atoms with Crippen molar-refractivity contribution in [1.29, 1.82) is 0 Å². The quantitative estimate of drug-likeness (QED) is 0.730. The molecule has 0 bridgehead atoms. The molecule has 0 fully saturated rings. The van der Waals surface area contributed by atoms with E-state index in [1.165, 1.54) is 6.07 Å². The zero-order chi connectivity index (χ0) is 18.3. The highest BCUT2D eigenvalue weighted by molar-refractivity contribution is 5.37. The van der Waals surface area contributed by atoms with Crippen LogP contribution in [0.15, 0.2) is 42.9 Å². The summed E-state index contributed by atoms with van der Waals surface area (Å²) in [6, 6.07) is 5.79. The number of aromatic nitrogens is 2. The van der Waals surface area contributed by atoms with Gasteiger partial charge in [-0.2, -0.15) is 13.2 Å². The van der Waals surface area contributed by atoms with E-state index < -0.39 is 17.5 Å². The highest BCUT2D eigenvalue weighted by Crippen LogP contribution is 2.30. The third-order valence-corrected chi connectivity index (χ3v) is 3.47. The molecule has 2 rings (SSSR count). The number of hydrogen-bond donors (Lipinski definition) is 1. The van der Waals surface area contributed by atoms with Crippen LogP contribution in [0.3, 0.4) is 0 Å². The van der Waals surface area contributed by atoms with Crippen LogP contribution in [-0.2, 0) is 21.4 Å². The van der Waals surface area contributed by atoms with Gasteiger partial charge in [0.25, 0.3) is 0 Å². The van der Waals surface area contributed by atoms with E-state index >= 15 is 0 Å². The molecule has 0 saturated carbocycles. The summed E-state index contributed by atoms with van der Waals surface area (Å²) in [6.45, 7) is 4.64. The molecule has 0 saturated heterocycles. The van der Waals surface area contributed by atoms with Gasteiger partial charge in [0.15, 0.2) is 0 Å². The molecule has 0 aliphatic heterocycles. The molecule has 0 spiro atoms. The Bertz CT molecular complexity index is 642. The van der Waals surface area contributed by atoms with E-state index in [0.29, 0.717) is 19.0 Å². The molecule has 2 aromatic heterocycles. The number of pyridine rings is 2. The van der Waals surface area contributed by atoms with Crippen molar-refractivity contribution in [3.05, 3.63) is 54.0 Å². The fourth-order valence-electron chi connectivity index (χ4n) is 2.36. The van der Waals surface area contributed by atoms with Crippen molar-refractivity contribution < 1.29 is 22.6 Å². The first-order valence-electron chi connectivity index (χ1n) is 7.87. The maximum atomic E-state index is 12.6.